The minimum absolute atomic E-state index is 0.0707. The number of allylic oxidation sites excluding steroid dienone is 2. The molecule has 0 aliphatic rings. The number of rotatable bonds is 3. The van der Waals surface area contributed by atoms with Crippen LogP contribution in [0.1, 0.15) is 18.1 Å². The monoisotopic (exact) mass is 273 g/mol. The van der Waals surface area contributed by atoms with Crippen LogP contribution in [-0.4, -0.2) is 6.21 Å². The van der Waals surface area contributed by atoms with Gasteiger partial charge in [-0.3, -0.25) is 0 Å². The lowest BCUT2D eigenvalue weighted by Gasteiger charge is -2.08. The van der Waals surface area contributed by atoms with Crippen molar-refractivity contribution < 1.29 is 13.2 Å². The molecule has 0 atom stereocenters. The van der Waals surface area contributed by atoms with E-state index in [2.05, 4.69) is 11.6 Å². The van der Waals surface area contributed by atoms with Gasteiger partial charge in [0.1, 0.15) is 5.16 Å². The molecule has 0 aliphatic carbocycles. The van der Waals surface area contributed by atoms with E-state index in [0.29, 0.717) is 11.1 Å². The van der Waals surface area contributed by atoms with Gasteiger partial charge in [0.2, 0.25) is 0 Å². The lowest BCUT2D eigenvalue weighted by molar-refractivity contribution is -0.137. The van der Waals surface area contributed by atoms with E-state index in [9.17, 15) is 13.2 Å². The van der Waals surface area contributed by atoms with E-state index in [0.717, 1.165) is 12.1 Å². The van der Waals surface area contributed by atoms with Crippen molar-refractivity contribution in [3.05, 3.63) is 53.2 Å². The highest BCUT2D eigenvalue weighted by Gasteiger charge is 2.30. The summed E-state index contributed by atoms with van der Waals surface area (Å²) in [5.74, 6) is 0. The van der Waals surface area contributed by atoms with Gasteiger partial charge in [-0.25, -0.2) is 4.99 Å². The van der Waals surface area contributed by atoms with Gasteiger partial charge in [-0.1, -0.05) is 36.4 Å². The van der Waals surface area contributed by atoms with Gasteiger partial charge in [-0.05, 0) is 30.2 Å². The van der Waals surface area contributed by atoms with Gasteiger partial charge in [-0.2, -0.15) is 13.2 Å². The zero-order valence-corrected chi connectivity index (χ0v) is 10.4. The number of alkyl halides is 3. The van der Waals surface area contributed by atoms with Crippen LogP contribution in [0.25, 0.3) is 5.57 Å². The van der Waals surface area contributed by atoms with Crippen LogP contribution in [0.3, 0.4) is 0 Å². The maximum absolute atomic E-state index is 12.6. The Balaban J connectivity index is 3.13. The highest BCUT2D eigenvalue weighted by atomic mass is 35.5. The molecule has 1 aromatic rings. The molecule has 0 amide bonds. The van der Waals surface area contributed by atoms with Crippen molar-refractivity contribution in [3.63, 3.8) is 0 Å². The summed E-state index contributed by atoms with van der Waals surface area (Å²) in [7, 11) is 0. The van der Waals surface area contributed by atoms with E-state index in [4.69, 9.17) is 11.6 Å². The third kappa shape index (κ3) is 4.04. The fourth-order valence-electron chi connectivity index (χ4n) is 1.33. The summed E-state index contributed by atoms with van der Waals surface area (Å²) in [5.41, 5.74) is 0.273. The van der Waals surface area contributed by atoms with E-state index in [-0.39, 0.29) is 5.16 Å². The van der Waals surface area contributed by atoms with Crippen LogP contribution in [0.15, 0.2) is 47.1 Å². The number of benzene rings is 1. The maximum Gasteiger partial charge on any atom is 0.416 e. The standard InChI is InChI=1S/C13H11ClF3N/c1-3-10(8-18-9(2)14)11-5-4-6-12(7-11)13(15,16)17/h3-8H,2H2,1H3/b10-3+,18-8?. The van der Waals surface area contributed by atoms with Crippen molar-refractivity contribution in [1.29, 1.82) is 0 Å². The van der Waals surface area contributed by atoms with Gasteiger partial charge >= 0.3 is 6.18 Å². The van der Waals surface area contributed by atoms with Crippen molar-refractivity contribution in [3.8, 4) is 0 Å². The van der Waals surface area contributed by atoms with Gasteiger partial charge < -0.3 is 0 Å². The molecular weight excluding hydrogens is 263 g/mol. The second-order valence-electron chi connectivity index (χ2n) is 3.46. The van der Waals surface area contributed by atoms with Crippen LogP contribution in [0.4, 0.5) is 13.2 Å². The average molecular weight is 274 g/mol. The summed E-state index contributed by atoms with van der Waals surface area (Å²) < 4.78 is 37.7. The van der Waals surface area contributed by atoms with Crippen molar-refractivity contribution in [2.75, 3.05) is 0 Å². The summed E-state index contributed by atoms with van der Waals surface area (Å²) in [6.07, 6.45) is -1.33. The zero-order valence-electron chi connectivity index (χ0n) is 9.63. The highest BCUT2D eigenvalue weighted by Crippen LogP contribution is 2.30. The van der Waals surface area contributed by atoms with E-state index in [1.54, 1.807) is 19.1 Å². The van der Waals surface area contributed by atoms with Crippen LogP contribution in [0.5, 0.6) is 0 Å². The highest BCUT2D eigenvalue weighted by molar-refractivity contribution is 6.30. The summed E-state index contributed by atoms with van der Waals surface area (Å²) >= 11 is 5.47. The molecule has 0 spiro atoms. The molecule has 0 unspecified atom stereocenters. The third-order valence-electron chi connectivity index (χ3n) is 2.18. The van der Waals surface area contributed by atoms with Crippen molar-refractivity contribution in [2.24, 2.45) is 4.99 Å². The van der Waals surface area contributed by atoms with Crippen molar-refractivity contribution in [2.45, 2.75) is 13.1 Å². The molecule has 1 nitrogen and oxygen atoms in total. The van der Waals surface area contributed by atoms with Crippen LogP contribution < -0.4 is 0 Å². The molecule has 96 valence electrons. The molecule has 0 N–H and O–H groups in total. The smallest absolute Gasteiger partial charge is 0.245 e. The molecule has 0 saturated heterocycles. The average Bonchev–Trinajstić information content (AvgIpc) is 2.29. The molecular formula is C13H11ClF3N. The van der Waals surface area contributed by atoms with E-state index in [1.165, 1.54) is 12.3 Å². The predicted octanol–water partition coefficient (Wildman–Crippen LogP) is 4.89. The Morgan fingerprint density at radius 1 is 1.39 bits per heavy atom. The molecule has 0 saturated carbocycles. The van der Waals surface area contributed by atoms with Crippen LogP contribution in [-0.2, 0) is 6.18 Å². The molecule has 18 heavy (non-hydrogen) atoms. The molecule has 0 fully saturated rings. The number of aliphatic imine (C=N–C) groups is 1. The minimum atomic E-state index is -4.36. The molecule has 1 aromatic carbocycles. The molecule has 0 radical (unpaired) electrons. The summed E-state index contributed by atoms with van der Waals surface area (Å²) in [4.78, 5) is 3.76. The Labute approximate surface area is 108 Å². The fraction of sp³-hybridized carbons (Fsp3) is 0.154. The molecule has 0 heterocycles. The quantitative estimate of drug-likeness (QED) is 0.549. The first kappa shape index (κ1) is 14.5. The van der Waals surface area contributed by atoms with Gasteiger partial charge in [0.25, 0.3) is 0 Å². The number of nitrogens with zero attached hydrogens (tertiary/aromatic N) is 1. The first-order valence-corrected chi connectivity index (χ1v) is 5.45. The third-order valence-corrected chi connectivity index (χ3v) is 2.28. The SMILES string of the molecule is C=C(Cl)N=C/C(=C\C)c1cccc(C(F)(F)F)c1. The lowest BCUT2D eigenvalue weighted by Crippen LogP contribution is -2.05. The van der Waals surface area contributed by atoms with Crippen LogP contribution in [0.2, 0.25) is 0 Å². The first-order chi connectivity index (χ1) is 8.34. The zero-order chi connectivity index (χ0) is 13.8. The largest absolute Gasteiger partial charge is 0.416 e. The van der Waals surface area contributed by atoms with Crippen molar-refractivity contribution >= 4 is 23.4 Å². The topological polar surface area (TPSA) is 12.4 Å². The van der Waals surface area contributed by atoms with Gasteiger partial charge in [0.15, 0.2) is 0 Å². The minimum Gasteiger partial charge on any atom is -0.245 e. The van der Waals surface area contributed by atoms with Gasteiger partial charge in [-0.15, -0.1) is 0 Å². The Morgan fingerprint density at radius 2 is 2.06 bits per heavy atom. The molecule has 0 bridgehead atoms. The van der Waals surface area contributed by atoms with Crippen LogP contribution >= 0.6 is 11.6 Å². The van der Waals surface area contributed by atoms with Crippen LogP contribution in [0, 0.1) is 0 Å². The Bertz CT molecular complexity index is 501. The first-order valence-electron chi connectivity index (χ1n) is 5.07. The lowest BCUT2D eigenvalue weighted by atomic mass is 10.0. The second-order valence-corrected chi connectivity index (χ2v) is 3.89. The number of hydrogen-bond acceptors (Lipinski definition) is 1. The fourth-order valence-corrected chi connectivity index (χ4v) is 1.38. The summed E-state index contributed by atoms with van der Waals surface area (Å²) in [6, 6.07) is 5.02. The normalized spacial score (nSPS) is 13.1. The van der Waals surface area contributed by atoms with Crippen molar-refractivity contribution in [1.82, 2.24) is 0 Å². The Morgan fingerprint density at radius 3 is 2.56 bits per heavy atom. The molecule has 0 aliphatic heterocycles. The molecule has 0 aromatic heterocycles. The van der Waals surface area contributed by atoms with Gasteiger partial charge in [0.05, 0.1) is 5.56 Å². The van der Waals surface area contributed by atoms with E-state index in [1.807, 2.05) is 0 Å². The number of hydrogen-bond donors (Lipinski definition) is 0. The number of halogens is 4. The Hall–Kier alpha value is -1.55. The predicted molar refractivity (Wildman–Crippen MR) is 68.6 cm³/mol. The summed E-state index contributed by atoms with van der Waals surface area (Å²) in [6.45, 7) is 5.08. The van der Waals surface area contributed by atoms with E-state index >= 15 is 0 Å². The summed E-state index contributed by atoms with van der Waals surface area (Å²) in [5, 5.41) is 0.0707. The molecule has 5 heteroatoms. The van der Waals surface area contributed by atoms with E-state index < -0.39 is 11.7 Å². The maximum atomic E-state index is 12.6. The Kier molecular flexibility index (Phi) is 4.73. The molecule has 1 rings (SSSR count). The van der Waals surface area contributed by atoms with Gasteiger partial charge in [0, 0.05) is 6.21 Å². The second kappa shape index (κ2) is 5.87.